The van der Waals surface area contributed by atoms with Crippen LogP contribution in [0.4, 0.5) is 0 Å². The second-order valence-electron chi connectivity index (χ2n) is 8.14. The molecule has 1 heterocycles. The summed E-state index contributed by atoms with van der Waals surface area (Å²) in [6.07, 6.45) is 1.60. The van der Waals surface area contributed by atoms with Crippen LogP contribution in [0, 0.1) is 0 Å². The molecule has 0 radical (unpaired) electrons. The summed E-state index contributed by atoms with van der Waals surface area (Å²) in [6, 6.07) is 2.77. The Hall–Kier alpha value is -0.668. The Morgan fingerprint density at radius 1 is 1.26 bits per heavy atom. The van der Waals surface area contributed by atoms with Gasteiger partial charge in [-0.05, 0) is 39.8 Å². The zero-order chi connectivity index (χ0) is 17.9. The highest BCUT2D eigenvalue weighted by Gasteiger charge is 2.40. The predicted octanol–water partition coefficient (Wildman–Crippen LogP) is 1.45. The zero-order valence-electron chi connectivity index (χ0n) is 15.5. The fourth-order valence-corrected chi connectivity index (χ4v) is 2.43. The first-order chi connectivity index (χ1) is 10.3. The van der Waals surface area contributed by atoms with Crippen LogP contribution in [0.15, 0.2) is 12.3 Å². The molecule has 8 heteroatoms. The van der Waals surface area contributed by atoms with Crippen LogP contribution in [0.1, 0.15) is 27.7 Å². The molecule has 0 aliphatic rings. The van der Waals surface area contributed by atoms with E-state index < -0.39 is 26.4 Å². The Morgan fingerprint density at radius 3 is 2.39 bits per heavy atom. The molecule has 0 fully saturated rings. The molecule has 2 N–H and O–H groups in total. The second-order valence-corrected chi connectivity index (χ2v) is 13.8. The van der Waals surface area contributed by atoms with Gasteiger partial charge in [-0.1, -0.05) is 19.6 Å². The SMILES string of the molecule is CC(C)(O)C(C)(C)OB(O)c1ccnn1COCC[Si](C)(C)C. The van der Waals surface area contributed by atoms with Gasteiger partial charge in [-0.15, -0.1) is 0 Å². The normalized spacial score (nSPS) is 13.4. The summed E-state index contributed by atoms with van der Waals surface area (Å²) in [7, 11) is -2.30. The van der Waals surface area contributed by atoms with Crippen molar-refractivity contribution in [1.82, 2.24) is 9.78 Å². The van der Waals surface area contributed by atoms with Crippen LogP contribution < -0.4 is 5.59 Å². The summed E-state index contributed by atoms with van der Waals surface area (Å²) >= 11 is 0. The lowest BCUT2D eigenvalue weighted by Gasteiger charge is -2.38. The number of ether oxygens (including phenoxy) is 1. The van der Waals surface area contributed by atoms with E-state index in [2.05, 4.69) is 24.7 Å². The molecule has 0 spiro atoms. The number of aliphatic hydroxyl groups is 1. The van der Waals surface area contributed by atoms with Gasteiger partial charge in [-0.25, -0.2) is 4.68 Å². The monoisotopic (exact) mass is 342 g/mol. The van der Waals surface area contributed by atoms with Gasteiger partial charge < -0.3 is 19.5 Å². The molecule has 0 aliphatic heterocycles. The van der Waals surface area contributed by atoms with Gasteiger partial charge in [0.15, 0.2) is 0 Å². The van der Waals surface area contributed by atoms with Gasteiger partial charge in [0.05, 0.1) is 16.8 Å². The highest BCUT2D eigenvalue weighted by Crippen LogP contribution is 2.25. The summed E-state index contributed by atoms with van der Waals surface area (Å²) in [5, 5.41) is 24.6. The topological polar surface area (TPSA) is 76.7 Å². The van der Waals surface area contributed by atoms with Crippen LogP contribution in [0.3, 0.4) is 0 Å². The van der Waals surface area contributed by atoms with Gasteiger partial charge in [0.2, 0.25) is 0 Å². The Morgan fingerprint density at radius 2 is 1.87 bits per heavy atom. The second kappa shape index (κ2) is 7.48. The first-order valence-electron chi connectivity index (χ1n) is 8.01. The fourth-order valence-electron chi connectivity index (χ4n) is 1.67. The van der Waals surface area contributed by atoms with Gasteiger partial charge in [0.1, 0.15) is 6.73 Å². The van der Waals surface area contributed by atoms with E-state index in [0.29, 0.717) is 12.2 Å². The molecule has 0 amide bonds. The summed E-state index contributed by atoms with van der Waals surface area (Å²) < 4.78 is 12.9. The Labute approximate surface area is 141 Å². The maximum atomic E-state index is 10.3. The number of hydrogen-bond acceptors (Lipinski definition) is 5. The Balaban J connectivity index is 2.63. The average molecular weight is 342 g/mol. The van der Waals surface area contributed by atoms with Gasteiger partial charge in [0, 0.05) is 20.9 Å². The van der Waals surface area contributed by atoms with Crippen LogP contribution in [0.25, 0.3) is 0 Å². The summed E-state index contributed by atoms with van der Waals surface area (Å²) in [4.78, 5) is 0. The van der Waals surface area contributed by atoms with Crippen molar-refractivity contribution < 1.29 is 19.5 Å². The van der Waals surface area contributed by atoms with Crippen molar-refractivity contribution in [2.45, 2.75) is 71.3 Å². The van der Waals surface area contributed by atoms with Crippen LogP contribution in [-0.2, 0) is 16.1 Å². The third kappa shape index (κ3) is 6.39. The van der Waals surface area contributed by atoms with Crippen molar-refractivity contribution >= 4 is 20.8 Å². The van der Waals surface area contributed by atoms with Gasteiger partial charge in [0.25, 0.3) is 0 Å². The quantitative estimate of drug-likeness (QED) is 0.525. The smallest absolute Gasteiger partial charge is 0.422 e. The molecule has 132 valence electrons. The van der Waals surface area contributed by atoms with Crippen molar-refractivity contribution in [3.8, 4) is 0 Å². The number of aromatic nitrogens is 2. The highest BCUT2D eigenvalue weighted by atomic mass is 28.3. The summed E-state index contributed by atoms with van der Waals surface area (Å²) in [5.74, 6) is 0. The lowest BCUT2D eigenvalue weighted by atomic mass is 9.80. The molecule has 0 aromatic carbocycles. The average Bonchev–Trinajstić information content (AvgIpc) is 2.79. The molecule has 0 unspecified atom stereocenters. The molecule has 23 heavy (non-hydrogen) atoms. The van der Waals surface area contributed by atoms with Crippen LogP contribution in [0.2, 0.25) is 25.7 Å². The first kappa shape index (κ1) is 20.4. The molecule has 6 nitrogen and oxygen atoms in total. The van der Waals surface area contributed by atoms with E-state index in [1.54, 1.807) is 44.6 Å². The molecule has 0 atom stereocenters. The predicted molar refractivity (Wildman–Crippen MR) is 95.4 cm³/mol. The van der Waals surface area contributed by atoms with E-state index >= 15 is 0 Å². The van der Waals surface area contributed by atoms with E-state index in [4.69, 9.17) is 9.39 Å². The largest absolute Gasteiger partial charge is 0.511 e. The van der Waals surface area contributed by atoms with Gasteiger partial charge in [-0.3, -0.25) is 0 Å². The zero-order valence-corrected chi connectivity index (χ0v) is 16.5. The lowest BCUT2D eigenvalue weighted by molar-refractivity contribution is -0.0985. The molecule has 0 saturated heterocycles. The molecule has 0 bridgehead atoms. The molecule has 1 aromatic heterocycles. The minimum Gasteiger partial charge on any atom is -0.422 e. The van der Waals surface area contributed by atoms with Crippen LogP contribution in [0.5, 0.6) is 0 Å². The van der Waals surface area contributed by atoms with E-state index in [0.717, 1.165) is 6.04 Å². The third-order valence-corrected chi connectivity index (χ3v) is 5.80. The number of nitrogens with zero attached hydrogens (tertiary/aromatic N) is 2. The van der Waals surface area contributed by atoms with Crippen molar-refractivity contribution in [1.29, 1.82) is 0 Å². The fraction of sp³-hybridized carbons (Fsp3) is 0.800. The number of hydrogen-bond donors (Lipinski definition) is 2. The van der Waals surface area contributed by atoms with Crippen molar-refractivity contribution in [2.24, 2.45) is 0 Å². The minimum absolute atomic E-state index is 0.274. The van der Waals surface area contributed by atoms with E-state index in [9.17, 15) is 10.1 Å². The van der Waals surface area contributed by atoms with Crippen LogP contribution in [-0.4, -0.2) is 52.9 Å². The minimum atomic E-state index is -1.18. The van der Waals surface area contributed by atoms with E-state index in [1.807, 2.05) is 0 Å². The Kier molecular flexibility index (Phi) is 6.63. The molecule has 0 saturated carbocycles. The van der Waals surface area contributed by atoms with Crippen molar-refractivity contribution in [3.63, 3.8) is 0 Å². The molecular formula is C15H31BN2O4Si. The van der Waals surface area contributed by atoms with Crippen molar-refractivity contribution in [2.75, 3.05) is 6.61 Å². The molecule has 1 aromatic rings. The maximum Gasteiger partial charge on any atom is 0.511 e. The Bertz CT molecular complexity index is 494. The number of rotatable bonds is 9. The summed E-state index contributed by atoms with van der Waals surface area (Å²) in [6.45, 7) is 14.6. The van der Waals surface area contributed by atoms with Gasteiger partial charge >= 0.3 is 7.12 Å². The van der Waals surface area contributed by atoms with E-state index in [-0.39, 0.29) is 6.73 Å². The first-order valence-corrected chi connectivity index (χ1v) is 11.7. The molecule has 0 aliphatic carbocycles. The maximum absolute atomic E-state index is 10.3. The molecule has 1 rings (SSSR count). The van der Waals surface area contributed by atoms with Gasteiger partial charge in [-0.2, -0.15) is 5.10 Å². The summed E-state index contributed by atoms with van der Waals surface area (Å²) in [5.41, 5.74) is -1.50. The highest BCUT2D eigenvalue weighted by molar-refractivity contribution is 6.76. The third-order valence-electron chi connectivity index (χ3n) is 4.09. The lowest BCUT2D eigenvalue weighted by Crippen LogP contribution is -2.54. The van der Waals surface area contributed by atoms with E-state index in [1.165, 1.54) is 0 Å². The standard InChI is InChI=1S/C15H31BN2O4Si/c1-14(2,19)15(3,4)22-16(20)13-8-9-17-18(13)12-21-10-11-23(5,6)7/h8-9,19-20H,10-12H2,1-7H3. The van der Waals surface area contributed by atoms with Crippen molar-refractivity contribution in [3.05, 3.63) is 12.3 Å². The van der Waals surface area contributed by atoms with Crippen LogP contribution >= 0.6 is 0 Å². The molecular weight excluding hydrogens is 311 g/mol.